The molecular weight excluding hydrogens is 485 g/mol. The highest BCUT2D eigenvalue weighted by molar-refractivity contribution is 7.16. The number of aryl methyl sites for hydroxylation is 1. The Hall–Kier alpha value is -3.48. The number of rotatable bonds is 8. The largest absolute Gasteiger partial charge is 0.573 e. The molecule has 1 aliphatic rings. The Morgan fingerprint density at radius 2 is 2.03 bits per heavy atom. The van der Waals surface area contributed by atoms with Gasteiger partial charge in [-0.25, -0.2) is 9.97 Å². The maximum atomic E-state index is 12.8. The molecule has 1 saturated carbocycles. The molecule has 0 aliphatic heterocycles. The van der Waals surface area contributed by atoms with E-state index < -0.39 is 18.0 Å². The van der Waals surface area contributed by atoms with E-state index in [2.05, 4.69) is 25.1 Å². The van der Waals surface area contributed by atoms with E-state index in [1.807, 2.05) is 6.92 Å². The Morgan fingerprint density at radius 1 is 1.29 bits per heavy atom. The quantitative estimate of drug-likeness (QED) is 0.496. The minimum absolute atomic E-state index is 0.0550. The van der Waals surface area contributed by atoms with Crippen LogP contribution in [0.2, 0.25) is 0 Å². The van der Waals surface area contributed by atoms with Gasteiger partial charge in [0.05, 0.1) is 12.7 Å². The van der Waals surface area contributed by atoms with Crippen LogP contribution >= 0.6 is 11.3 Å². The minimum atomic E-state index is -4.86. The first-order valence-electron chi connectivity index (χ1n) is 10.9. The SMILES string of the molecule is CCN(C)C(=O)c1cnc(-n2nc(C)nc2CNC(=O)c2cc(OC(F)(F)F)cc(C3CC3)c2)s1. The molecule has 186 valence electrons. The van der Waals surface area contributed by atoms with Crippen molar-refractivity contribution in [3.05, 3.63) is 52.0 Å². The van der Waals surface area contributed by atoms with Gasteiger partial charge < -0.3 is 15.0 Å². The summed E-state index contributed by atoms with van der Waals surface area (Å²) in [6.45, 7) is 4.02. The van der Waals surface area contributed by atoms with Crippen molar-refractivity contribution >= 4 is 23.2 Å². The lowest BCUT2D eigenvalue weighted by Gasteiger charge is -2.13. The Labute approximate surface area is 202 Å². The van der Waals surface area contributed by atoms with Gasteiger partial charge in [0, 0.05) is 19.2 Å². The molecule has 0 spiro atoms. The lowest BCUT2D eigenvalue weighted by atomic mass is 10.1. The molecule has 1 N–H and O–H groups in total. The summed E-state index contributed by atoms with van der Waals surface area (Å²) in [5.74, 6) is -0.264. The molecule has 2 heterocycles. The van der Waals surface area contributed by atoms with Crippen molar-refractivity contribution in [1.29, 1.82) is 0 Å². The maximum Gasteiger partial charge on any atom is 0.573 e. The zero-order chi connectivity index (χ0) is 25.3. The normalized spacial score (nSPS) is 13.5. The number of hydrogen-bond acceptors (Lipinski definition) is 7. The van der Waals surface area contributed by atoms with Crippen molar-refractivity contribution in [2.24, 2.45) is 0 Å². The van der Waals surface area contributed by atoms with E-state index in [9.17, 15) is 22.8 Å². The number of alkyl halides is 3. The number of halogens is 3. The summed E-state index contributed by atoms with van der Waals surface area (Å²) < 4.78 is 43.7. The van der Waals surface area contributed by atoms with Crippen LogP contribution in [0.5, 0.6) is 5.75 Å². The zero-order valence-corrected chi connectivity index (χ0v) is 20.0. The smallest absolute Gasteiger partial charge is 0.406 e. The fourth-order valence-corrected chi connectivity index (χ4v) is 4.26. The lowest BCUT2D eigenvalue weighted by Crippen LogP contribution is -2.25. The van der Waals surface area contributed by atoms with Crippen LogP contribution < -0.4 is 10.1 Å². The van der Waals surface area contributed by atoms with Gasteiger partial charge in [-0.3, -0.25) is 9.59 Å². The van der Waals surface area contributed by atoms with Gasteiger partial charge in [-0.2, -0.15) is 4.68 Å². The topological polar surface area (TPSA) is 102 Å². The van der Waals surface area contributed by atoms with Gasteiger partial charge in [0.25, 0.3) is 11.8 Å². The van der Waals surface area contributed by atoms with Crippen LogP contribution in [0.3, 0.4) is 0 Å². The fourth-order valence-electron chi connectivity index (χ4n) is 3.38. The zero-order valence-electron chi connectivity index (χ0n) is 19.2. The van der Waals surface area contributed by atoms with E-state index in [4.69, 9.17) is 0 Å². The van der Waals surface area contributed by atoms with Crippen LogP contribution in [0.25, 0.3) is 5.13 Å². The van der Waals surface area contributed by atoms with Crippen molar-refractivity contribution in [1.82, 2.24) is 30.0 Å². The molecule has 4 rings (SSSR count). The number of aromatic nitrogens is 4. The van der Waals surface area contributed by atoms with Crippen molar-refractivity contribution in [2.45, 2.75) is 45.5 Å². The number of hydrogen-bond donors (Lipinski definition) is 1. The summed E-state index contributed by atoms with van der Waals surface area (Å²) in [5.41, 5.74) is 0.689. The predicted octanol–water partition coefficient (Wildman–Crippen LogP) is 3.83. The van der Waals surface area contributed by atoms with E-state index in [1.54, 1.807) is 24.9 Å². The molecule has 0 unspecified atom stereocenters. The Bertz CT molecular complexity index is 1250. The van der Waals surface area contributed by atoms with Gasteiger partial charge in [0.1, 0.15) is 16.5 Å². The highest BCUT2D eigenvalue weighted by Crippen LogP contribution is 2.42. The van der Waals surface area contributed by atoms with Crippen LogP contribution in [0.1, 0.15) is 62.9 Å². The van der Waals surface area contributed by atoms with Crippen LogP contribution in [0, 0.1) is 6.92 Å². The molecule has 3 aromatic rings. The molecule has 13 heteroatoms. The second-order valence-electron chi connectivity index (χ2n) is 8.11. The molecule has 0 radical (unpaired) electrons. The molecule has 0 bridgehead atoms. The summed E-state index contributed by atoms with van der Waals surface area (Å²) >= 11 is 1.14. The van der Waals surface area contributed by atoms with E-state index in [0.29, 0.717) is 33.8 Å². The Kier molecular flexibility index (Phi) is 6.79. The molecule has 9 nitrogen and oxygen atoms in total. The molecule has 1 aliphatic carbocycles. The van der Waals surface area contributed by atoms with Crippen LogP contribution in [0.15, 0.2) is 24.4 Å². The molecular formula is C22H23F3N6O3S. The standard InChI is InChI=1S/C22H23F3N6O3S/c1-4-30(3)20(33)17-10-27-21(35-17)31-18(28-12(2)29-31)11-26-19(32)15-7-14(13-5-6-13)8-16(9-15)34-22(23,24)25/h7-10,13H,4-6,11H2,1-3H3,(H,26,32). The van der Waals surface area contributed by atoms with Gasteiger partial charge in [0.15, 0.2) is 5.82 Å². The van der Waals surface area contributed by atoms with E-state index in [0.717, 1.165) is 30.2 Å². The summed E-state index contributed by atoms with van der Waals surface area (Å²) in [7, 11) is 1.69. The molecule has 2 aromatic heterocycles. The number of nitrogens with zero attached hydrogens (tertiary/aromatic N) is 5. The first kappa shape index (κ1) is 24.6. The molecule has 35 heavy (non-hydrogen) atoms. The second kappa shape index (κ2) is 9.64. The summed E-state index contributed by atoms with van der Waals surface area (Å²) in [4.78, 5) is 35.8. The number of benzene rings is 1. The monoisotopic (exact) mass is 508 g/mol. The van der Waals surface area contributed by atoms with Crippen LogP contribution in [-0.2, 0) is 6.54 Å². The Morgan fingerprint density at radius 3 is 2.69 bits per heavy atom. The summed E-state index contributed by atoms with van der Waals surface area (Å²) in [5, 5.41) is 7.38. The van der Waals surface area contributed by atoms with Gasteiger partial charge in [-0.1, -0.05) is 11.3 Å². The van der Waals surface area contributed by atoms with Crippen molar-refractivity contribution < 1.29 is 27.5 Å². The van der Waals surface area contributed by atoms with Gasteiger partial charge in [-0.15, -0.1) is 18.3 Å². The fraction of sp³-hybridized carbons (Fsp3) is 0.409. The third-order valence-corrected chi connectivity index (χ3v) is 6.33. The molecule has 0 saturated heterocycles. The molecule has 1 aromatic carbocycles. The average molecular weight is 509 g/mol. The highest BCUT2D eigenvalue weighted by atomic mass is 32.1. The molecule has 1 fully saturated rings. The van der Waals surface area contributed by atoms with Crippen molar-refractivity contribution in [3.63, 3.8) is 0 Å². The first-order valence-corrected chi connectivity index (χ1v) is 11.7. The van der Waals surface area contributed by atoms with E-state index in [1.165, 1.54) is 16.9 Å². The summed E-state index contributed by atoms with van der Waals surface area (Å²) in [6, 6.07) is 3.96. The van der Waals surface area contributed by atoms with Crippen LogP contribution in [-0.4, -0.2) is 56.4 Å². The molecule has 2 amide bonds. The second-order valence-corrected chi connectivity index (χ2v) is 9.12. The third-order valence-electron chi connectivity index (χ3n) is 5.37. The third kappa shape index (κ3) is 5.96. The predicted molar refractivity (Wildman–Crippen MR) is 121 cm³/mol. The highest BCUT2D eigenvalue weighted by Gasteiger charge is 2.33. The van der Waals surface area contributed by atoms with Gasteiger partial charge >= 0.3 is 6.36 Å². The minimum Gasteiger partial charge on any atom is -0.406 e. The first-order chi connectivity index (χ1) is 16.5. The van der Waals surface area contributed by atoms with E-state index >= 15 is 0 Å². The van der Waals surface area contributed by atoms with Gasteiger partial charge in [0.2, 0.25) is 5.13 Å². The number of carbonyl (C=O) groups excluding carboxylic acids is 2. The van der Waals surface area contributed by atoms with Crippen molar-refractivity contribution in [2.75, 3.05) is 13.6 Å². The average Bonchev–Trinajstić information content (AvgIpc) is 3.42. The number of thiazole rings is 1. The van der Waals surface area contributed by atoms with E-state index in [-0.39, 0.29) is 23.9 Å². The number of ether oxygens (including phenoxy) is 1. The van der Waals surface area contributed by atoms with Crippen molar-refractivity contribution in [3.8, 4) is 10.9 Å². The summed E-state index contributed by atoms with van der Waals surface area (Å²) in [6.07, 6.45) is -1.69. The Balaban J connectivity index is 1.52. The lowest BCUT2D eigenvalue weighted by molar-refractivity contribution is -0.274. The number of carbonyl (C=O) groups is 2. The van der Waals surface area contributed by atoms with Crippen LogP contribution in [0.4, 0.5) is 13.2 Å². The number of nitrogens with one attached hydrogen (secondary N) is 1. The number of amides is 2. The van der Waals surface area contributed by atoms with Gasteiger partial charge in [-0.05, 0) is 56.4 Å². The maximum absolute atomic E-state index is 12.8. The molecule has 0 atom stereocenters.